The summed E-state index contributed by atoms with van der Waals surface area (Å²) in [6.07, 6.45) is 1.65. The number of carbonyl (C=O) groups is 2. The van der Waals surface area contributed by atoms with Gasteiger partial charge in [0.25, 0.3) is 5.91 Å². The first kappa shape index (κ1) is 16.6. The van der Waals surface area contributed by atoms with Crippen LogP contribution < -0.4 is 4.74 Å². The zero-order valence-electron chi connectivity index (χ0n) is 12.5. The molecule has 0 spiro atoms. The fourth-order valence-corrected chi connectivity index (χ4v) is 2.69. The Morgan fingerprint density at radius 3 is 2.64 bits per heavy atom. The summed E-state index contributed by atoms with van der Waals surface area (Å²) in [5.74, 6) is -0.0509. The van der Waals surface area contributed by atoms with E-state index >= 15 is 0 Å². The van der Waals surface area contributed by atoms with Crippen molar-refractivity contribution in [2.75, 3.05) is 19.7 Å². The molecule has 1 amide bonds. The number of amides is 1. The van der Waals surface area contributed by atoms with E-state index in [-0.39, 0.29) is 24.9 Å². The van der Waals surface area contributed by atoms with Crippen LogP contribution in [-0.4, -0.2) is 41.6 Å². The molecule has 0 unspecified atom stereocenters. The van der Waals surface area contributed by atoms with Crippen molar-refractivity contribution in [3.63, 3.8) is 0 Å². The molecule has 1 aliphatic rings. The largest absolute Gasteiger partial charge is 0.484 e. The second-order valence-electron chi connectivity index (χ2n) is 5.62. The predicted octanol–water partition coefficient (Wildman–Crippen LogP) is 2.74. The number of carbonyl (C=O) groups excluding carboxylic acids is 1. The number of hydrogen-bond acceptors (Lipinski definition) is 3. The monoisotopic (exact) mass is 325 g/mol. The summed E-state index contributed by atoms with van der Waals surface area (Å²) in [6.45, 7) is 3.06. The van der Waals surface area contributed by atoms with Gasteiger partial charge >= 0.3 is 5.97 Å². The van der Waals surface area contributed by atoms with E-state index in [1.54, 1.807) is 23.1 Å². The van der Waals surface area contributed by atoms with Gasteiger partial charge < -0.3 is 14.7 Å². The topological polar surface area (TPSA) is 66.8 Å². The number of aliphatic carboxylic acids is 1. The Morgan fingerprint density at radius 1 is 1.36 bits per heavy atom. The number of nitrogens with zero attached hydrogens (tertiary/aromatic N) is 1. The van der Waals surface area contributed by atoms with Crippen LogP contribution in [-0.2, 0) is 9.59 Å². The van der Waals surface area contributed by atoms with Gasteiger partial charge in [0.1, 0.15) is 5.75 Å². The Morgan fingerprint density at radius 2 is 2.05 bits per heavy atom. The van der Waals surface area contributed by atoms with Crippen LogP contribution in [0.2, 0.25) is 5.02 Å². The minimum absolute atomic E-state index is 0.00926. The van der Waals surface area contributed by atoms with E-state index in [9.17, 15) is 9.59 Å². The molecule has 1 N–H and O–H groups in total. The van der Waals surface area contributed by atoms with Gasteiger partial charge in [-0.1, -0.05) is 11.6 Å². The van der Waals surface area contributed by atoms with Gasteiger partial charge in [-0.15, -0.1) is 0 Å². The molecule has 0 radical (unpaired) electrons. The third-order valence-electron chi connectivity index (χ3n) is 3.92. The zero-order valence-corrected chi connectivity index (χ0v) is 13.3. The third kappa shape index (κ3) is 4.63. The van der Waals surface area contributed by atoms with Crippen molar-refractivity contribution < 1.29 is 19.4 Å². The van der Waals surface area contributed by atoms with Crippen LogP contribution in [0.1, 0.15) is 24.8 Å². The molecule has 0 aromatic heterocycles. The molecule has 1 aromatic carbocycles. The van der Waals surface area contributed by atoms with Gasteiger partial charge in [0, 0.05) is 24.5 Å². The molecule has 22 heavy (non-hydrogen) atoms. The number of benzene rings is 1. The highest BCUT2D eigenvalue weighted by Gasteiger charge is 2.24. The first-order chi connectivity index (χ1) is 10.5. The van der Waals surface area contributed by atoms with Gasteiger partial charge in [0.2, 0.25) is 0 Å². The van der Waals surface area contributed by atoms with Gasteiger partial charge in [0.05, 0.1) is 0 Å². The highest BCUT2D eigenvalue weighted by atomic mass is 35.5. The number of carboxylic acid groups (broad SMARTS) is 1. The number of carboxylic acids is 1. The van der Waals surface area contributed by atoms with E-state index in [1.165, 1.54) is 0 Å². The number of hydrogen-bond donors (Lipinski definition) is 1. The van der Waals surface area contributed by atoms with Crippen LogP contribution in [0.3, 0.4) is 0 Å². The highest BCUT2D eigenvalue weighted by Crippen LogP contribution is 2.22. The summed E-state index contributed by atoms with van der Waals surface area (Å²) >= 11 is 5.94. The van der Waals surface area contributed by atoms with Crippen LogP contribution in [0.15, 0.2) is 18.2 Å². The molecule has 120 valence electrons. The molecule has 1 fully saturated rings. The lowest BCUT2D eigenvalue weighted by Crippen LogP contribution is -2.41. The van der Waals surface area contributed by atoms with E-state index in [2.05, 4.69) is 0 Å². The van der Waals surface area contributed by atoms with E-state index in [1.807, 2.05) is 6.92 Å². The van der Waals surface area contributed by atoms with Crippen molar-refractivity contribution >= 4 is 23.5 Å². The van der Waals surface area contributed by atoms with Crippen molar-refractivity contribution in [2.24, 2.45) is 5.92 Å². The molecule has 1 heterocycles. The average molecular weight is 326 g/mol. The number of halogens is 1. The quantitative estimate of drug-likeness (QED) is 0.904. The molecule has 0 saturated carbocycles. The number of ether oxygens (including phenoxy) is 1. The van der Waals surface area contributed by atoms with Gasteiger partial charge in [-0.25, -0.2) is 0 Å². The van der Waals surface area contributed by atoms with Crippen LogP contribution in [0, 0.1) is 12.8 Å². The molecule has 0 aliphatic carbocycles. The maximum atomic E-state index is 12.1. The number of likely N-dealkylation sites (tertiary alicyclic amines) is 1. The molecular formula is C16H20ClNO4. The molecule has 1 aromatic rings. The van der Waals surface area contributed by atoms with E-state index in [0.29, 0.717) is 23.9 Å². The number of aryl methyl sites for hydroxylation is 1. The molecule has 6 heteroatoms. The Balaban J connectivity index is 1.78. The van der Waals surface area contributed by atoms with Crippen molar-refractivity contribution in [1.82, 2.24) is 4.90 Å². The lowest BCUT2D eigenvalue weighted by atomic mass is 9.94. The summed E-state index contributed by atoms with van der Waals surface area (Å²) in [5, 5.41) is 9.45. The van der Waals surface area contributed by atoms with Gasteiger partial charge in [-0.3, -0.25) is 9.59 Å². The first-order valence-electron chi connectivity index (χ1n) is 7.34. The summed E-state index contributed by atoms with van der Waals surface area (Å²) in [7, 11) is 0. The van der Waals surface area contributed by atoms with Crippen molar-refractivity contribution in [3.8, 4) is 5.75 Å². The maximum Gasteiger partial charge on any atom is 0.303 e. The Bertz CT molecular complexity index is 553. The van der Waals surface area contributed by atoms with E-state index in [4.69, 9.17) is 21.4 Å². The molecule has 5 nitrogen and oxygen atoms in total. The summed E-state index contributed by atoms with van der Waals surface area (Å²) < 4.78 is 5.50. The third-order valence-corrected chi connectivity index (χ3v) is 4.35. The molecule has 2 rings (SSSR count). The lowest BCUT2D eigenvalue weighted by Gasteiger charge is -2.31. The smallest absolute Gasteiger partial charge is 0.303 e. The maximum absolute atomic E-state index is 12.1. The summed E-state index contributed by atoms with van der Waals surface area (Å²) in [4.78, 5) is 24.5. The standard InChI is InChI=1S/C16H20ClNO4/c1-11-8-13(2-3-14(11)17)22-10-15(19)18-6-4-12(5-7-18)9-16(20)21/h2-3,8,12H,4-7,9-10H2,1H3,(H,20,21). The number of piperidine rings is 1. The Kier molecular flexibility index (Phi) is 5.66. The van der Waals surface area contributed by atoms with Gasteiger partial charge in [-0.2, -0.15) is 0 Å². The fraction of sp³-hybridized carbons (Fsp3) is 0.500. The molecule has 1 saturated heterocycles. The average Bonchev–Trinajstić information content (AvgIpc) is 2.48. The second-order valence-corrected chi connectivity index (χ2v) is 6.03. The predicted molar refractivity (Wildman–Crippen MR) is 83.2 cm³/mol. The molecule has 0 bridgehead atoms. The minimum Gasteiger partial charge on any atom is -0.484 e. The van der Waals surface area contributed by atoms with Crippen molar-refractivity contribution in [2.45, 2.75) is 26.2 Å². The summed E-state index contributed by atoms with van der Waals surface area (Å²) in [5.41, 5.74) is 0.904. The first-order valence-corrected chi connectivity index (χ1v) is 7.72. The van der Waals surface area contributed by atoms with E-state index in [0.717, 1.165) is 18.4 Å². The minimum atomic E-state index is -0.772. The van der Waals surface area contributed by atoms with Crippen LogP contribution in [0.4, 0.5) is 0 Å². The Hall–Kier alpha value is -1.75. The fourth-order valence-electron chi connectivity index (χ4n) is 2.58. The second kappa shape index (κ2) is 7.49. The van der Waals surface area contributed by atoms with Crippen LogP contribution in [0.25, 0.3) is 0 Å². The van der Waals surface area contributed by atoms with Crippen LogP contribution in [0.5, 0.6) is 5.75 Å². The van der Waals surface area contributed by atoms with E-state index < -0.39 is 5.97 Å². The SMILES string of the molecule is Cc1cc(OCC(=O)N2CCC(CC(=O)O)CC2)ccc1Cl. The van der Waals surface area contributed by atoms with Crippen molar-refractivity contribution in [1.29, 1.82) is 0 Å². The number of rotatable bonds is 5. The normalized spacial score (nSPS) is 15.6. The lowest BCUT2D eigenvalue weighted by molar-refractivity contribution is -0.139. The van der Waals surface area contributed by atoms with Gasteiger partial charge in [0.15, 0.2) is 6.61 Å². The molecular weight excluding hydrogens is 306 g/mol. The molecule has 1 aliphatic heterocycles. The zero-order chi connectivity index (χ0) is 16.1. The van der Waals surface area contributed by atoms with Crippen molar-refractivity contribution in [3.05, 3.63) is 28.8 Å². The van der Waals surface area contributed by atoms with Crippen LogP contribution >= 0.6 is 11.6 Å². The highest BCUT2D eigenvalue weighted by molar-refractivity contribution is 6.31. The molecule has 0 atom stereocenters. The Labute approximate surface area is 134 Å². The summed E-state index contributed by atoms with van der Waals surface area (Å²) in [6, 6.07) is 5.28. The van der Waals surface area contributed by atoms with Gasteiger partial charge in [-0.05, 0) is 49.4 Å².